The van der Waals surface area contributed by atoms with Gasteiger partial charge < -0.3 is 15.6 Å². The van der Waals surface area contributed by atoms with Crippen LogP contribution in [-0.2, 0) is 4.79 Å². The van der Waals surface area contributed by atoms with Crippen LogP contribution >= 0.6 is 0 Å². The van der Waals surface area contributed by atoms with Crippen molar-refractivity contribution in [3.05, 3.63) is 17.5 Å². The lowest BCUT2D eigenvalue weighted by atomic mass is 9.65. The monoisotopic (exact) mass is 333 g/mol. The molecule has 2 aliphatic carbocycles. The Bertz CT molecular complexity index is 600. The molecule has 3 rings (SSSR count). The zero-order valence-electron chi connectivity index (χ0n) is 14.3. The van der Waals surface area contributed by atoms with Crippen molar-refractivity contribution in [2.75, 3.05) is 6.54 Å². The minimum absolute atomic E-state index is 0.0617. The van der Waals surface area contributed by atoms with Crippen LogP contribution in [-0.4, -0.2) is 29.4 Å². The summed E-state index contributed by atoms with van der Waals surface area (Å²) in [6.45, 7) is 2.45. The smallest absolute Gasteiger partial charge is 0.273 e. The first-order valence-electron chi connectivity index (χ1n) is 8.99. The Hall–Kier alpha value is -1.69. The van der Waals surface area contributed by atoms with E-state index in [1.54, 1.807) is 6.07 Å². The first kappa shape index (κ1) is 17.1. The Balaban J connectivity index is 1.47. The summed E-state index contributed by atoms with van der Waals surface area (Å²) in [6, 6.07) is 1.68. The first-order chi connectivity index (χ1) is 11.5. The number of nitrogens with zero attached hydrogens (tertiary/aromatic N) is 1. The number of hydrogen-bond acceptors (Lipinski definition) is 5. The Labute approximate surface area is 142 Å². The van der Waals surface area contributed by atoms with Gasteiger partial charge >= 0.3 is 0 Å². The highest BCUT2D eigenvalue weighted by Gasteiger charge is 2.37. The van der Waals surface area contributed by atoms with Gasteiger partial charge in [0.05, 0.1) is 0 Å². The maximum atomic E-state index is 12.3. The standard InChI is InChI=1S/C18H27N3O3/c1-12(19)9-14(22)5-8-18(6-2-7-18)11-20-17(23)15-10-16(24-21-15)13-3-4-13/h10,12-13H,2-9,11,19H2,1H3,(H,20,23)/t12-/m1/s1. The molecule has 1 aromatic rings. The van der Waals surface area contributed by atoms with Gasteiger partial charge in [-0.3, -0.25) is 9.59 Å². The van der Waals surface area contributed by atoms with Crippen molar-refractivity contribution >= 4 is 11.7 Å². The van der Waals surface area contributed by atoms with Crippen LogP contribution in [0.5, 0.6) is 0 Å². The fourth-order valence-corrected chi connectivity index (χ4v) is 3.37. The molecular formula is C18H27N3O3. The predicted octanol–water partition coefficient (Wildman–Crippen LogP) is 2.54. The third-order valence-electron chi connectivity index (χ3n) is 5.26. The van der Waals surface area contributed by atoms with E-state index in [0.29, 0.717) is 31.0 Å². The number of hydrogen-bond donors (Lipinski definition) is 2. The van der Waals surface area contributed by atoms with Gasteiger partial charge in [-0.15, -0.1) is 0 Å². The second kappa shape index (κ2) is 7.05. The van der Waals surface area contributed by atoms with Crippen LogP contribution in [0.1, 0.15) is 80.5 Å². The summed E-state index contributed by atoms with van der Waals surface area (Å²) in [6.07, 6.45) is 7.33. The molecule has 3 N–H and O–H groups in total. The fourth-order valence-electron chi connectivity index (χ4n) is 3.37. The van der Waals surface area contributed by atoms with Crippen molar-refractivity contribution in [2.24, 2.45) is 11.1 Å². The van der Waals surface area contributed by atoms with E-state index in [1.165, 1.54) is 0 Å². The number of rotatable bonds is 9. The summed E-state index contributed by atoms with van der Waals surface area (Å²) in [7, 11) is 0. The molecule has 0 radical (unpaired) electrons. The molecule has 1 atom stereocenters. The first-order valence-corrected chi connectivity index (χ1v) is 8.99. The lowest BCUT2D eigenvalue weighted by molar-refractivity contribution is -0.120. The normalized spacial score (nSPS) is 20.2. The molecule has 2 fully saturated rings. The summed E-state index contributed by atoms with van der Waals surface area (Å²) in [5.74, 6) is 1.31. The molecule has 0 spiro atoms. The molecular weight excluding hydrogens is 306 g/mol. The molecule has 0 saturated heterocycles. The van der Waals surface area contributed by atoms with Crippen molar-refractivity contribution in [3.8, 4) is 0 Å². The molecule has 2 saturated carbocycles. The number of nitrogens with two attached hydrogens (primary N) is 1. The number of Topliss-reactive ketones (excluding diaryl/α,β-unsaturated/α-hetero) is 1. The van der Waals surface area contributed by atoms with Gasteiger partial charge in [-0.1, -0.05) is 11.6 Å². The van der Waals surface area contributed by atoms with E-state index in [-0.39, 0.29) is 23.1 Å². The highest BCUT2D eigenvalue weighted by Crippen LogP contribution is 2.44. The molecule has 0 aliphatic heterocycles. The predicted molar refractivity (Wildman–Crippen MR) is 89.6 cm³/mol. The fraction of sp³-hybridized carbons (Fsp3) is 0.722. The SMILES string of the molecule is C[C@@H](N)CC(=O)CCC1(CNC(=O)c2cc(C3CC3)on2)CCC1. The molecule has 0 unspecified atom stereocenters. The Morgan fingerprint density at radius 3 is 2.79 bits per heavy atom. The molecule has 2 aliphatic rings. The van der Waals surface area contributed by atoms with Crippen LogP contribution in [0.25, 0.3) is 0 Å². The molecule has 1 heterocycles. The third-order valence-corrected chi connectivity index (χ3v) is 5.26. The van der Waals surface area contributed by atoms with E-state index >= 15 is 0 Å². The maximum Gasteiger partial charge on any atom is 0.273 e. The summed E-state index contributed by atoms with van der Waals surface area (Å²) in [5.41, 5.74) is 6.10. The van der Waals surface area contributed by atoms with Gasteiger partial charge in [-0.2, -0.15) is 0 Å². The quantitative estimate of drug-likeness (QED) is 0.723. The second-order valence-corrected chi connectivity index (χ2v) is 7.65. The van der Waals surface area contributed by atoms with Gasteiger partial charge in [0.15, 0.2) is 5.69 Å². The number of ketones is 1. The van der Waals surface area contributed by atoms with Gasteiger partial charge in [0.2, 0.25) is 0 Å². The summed E-state index contributed by atoms with van der Waals surface area (Å²) >= 11 is 0. The Morgan fingerprint density at radius 1 is 1.46 bits per heavy atom. The van der Waals surface area contributed by atoms with Crippen molar-refractivity contribution in [3.63, 3.8) is 0 Å². The van der Waals surface area contributed by atoms with Gasteiger partial charge in [0.25, 0.3) is 5.91 Å². The lowest BCUT2D eigenvalue weighted by Gasteiger charge is -2.42. The largest absolute Gasteiger partial charge is 0.360 e. The number of nitrogens with one attached hydrogen (secondary N) is 1. The van der Waals surface area contributed by atoms with Crippen molar-refractivity contribution in [2.45, 2.75) is 70.3 Å². The molecule has 6 nitrogen and oxygen atoms in total. The van der Waals surface area contributed by atoms with Gasteiger partial charge in [-0.25, -0.2) is 0 Å². The van der Waals surface area contributed by atoms with E-state index in [4.69, 9.17) is 10.3 Å². The average molecular weight is 333 g/mol. The average Bonchev–Trinajstić information content (AvgIpc) is 3.22. The van der Waals surface area contributed by atoms with Crippen LogP contribution in [0.2, 0.25) is 0 Å². The van der Waals surface area contributed by atoms with Gasteiger partial charge in [0.1, 0.15) is 11.5 Å². The number of amides is 1. The molecule has 6 heteroatoms. The summed E-state index contributed by atoms with van der Waals surface area (Å²) < 4.78 is 5.23. The molecule has 1 aromatic heterocycles. The van der Waals surface area contributed by atoms with Gasteiger partial charge in [-0.05, 0) is 44.4 Å². The van der Waals surface area contributed by atoms with Crippen molar-refractivity contribution in [1.82, 2.24) is 10.5 Å². The van der Waals surface area contributed by atoms with E-state index < -0.39 is 0 Å². The number of aromatic nitrogens is 1. The van der Waals surface area contributed by atoms with Gasteiger partial charge in [0, 0.05) is 37.4 Å². The minimum Gasteiger partial charge on any atom is -0.360 e. The zero-order valence-corrected chi connectivity index (χ0v) is 14.3. The summed E-state index contributed by atoms with van der Waals surface area (Å²) in [5, 5.41) is 6.86. The van der Waals surface area contributed by atoms with Crippen LogP contribution in [0.4, 0.5) is 0 Å². The Morgan fingerprint density at radius 2 is 2.21 bits per heavy atom. The molecule has 0 aromatic carbocycles. The Kier molecular flexibility index (Phi) is 5.04. The van der Waals surface area contributed by atoms with Crippen molar-refractivity contribution < 1.29 is 14.1 Å². The van der Waals surface area contributed by atoms with Crippen LogP contribution in [0, 0.1) is 5.41 Å². The van der Waals surface area contributed by atoms with E-state index in [0.717, 1.165) is 44.3 Å². The van der Waals surface area contributed by atoms with Crippen molar-refractivity contribution in [1.29, 1.82) is 0 Å². The highest BCUT2D eigenvalue weighted by atomic mass is 16.5. The van der Waals surface area contributed by atoms with E-state index in [2.05, 4.69) is 10.5 Å². The van der Waals surface area contributed by atoms with Crippen LogP contribution < -0.4 is 11.1 Å². The van der Waals surface area contributed by atoms with E-state index in [1.807, 2.05) is 6.92 Å². The summed E-state index contributed by atoms with van der Waals surface area (Å²) in [4.78, 5) is 24.1. The lowest BCUT2D eigenvalue weighted by Crippen LogP contribution is -2.42. The molecule has 24 heavy (non-hydrogen) atoms. The second-order valence-electron chi connectivity index (χ2n) is 7.65. The zero-order chi connectivity index (χ0) is 17.2. The van der Waals surface area contributed by atoms with E-state index in [9.17, 15) is 9.59 Å². The number of carbonyl (C=O) groups excluding carboxylic acids is 2. The third kappa shape index (κ3) is 4.23. The molecule has 1 amide bonds. The molecule has 132 valence electrons. The molecule has 0 bridgehead atoms. The van der Waals surface area contributed by atoms with Crippen LogP contribution in [0.3, 0.4) is 0 Å². The highest BCUT2D eigenvalue weighted by molar-refractivity contribution is 5.92. The van der Waals surface area contributed by atoms with Crippen LogP contribution in [0.15, 0.2) is 10.6 Å². The topological polar surface area (TPSA) is 98.2 Å². The minimum atomic E-state index is -0.182. The maximum absolute atomic E-state index is 12.3. The number of carbonyl (C=O) groups is 2.